The van der Waals surface area contributed by atoms with E-state index in [0.717, 1.165) is 43.0 Å². The number of carbonyl (C=O) groups excluding carboxylic acids is 2. The van der Waals surface area contributed by atoms with Crippen LogP contribution >= 0.6 is 11.6 Å². The molecule has 1 aromatic heterocycles. The molecule has 1 fully saturated rings. The number of likely N-dealkylation sites (N-methyl/N-ethyl adjacent to an activating group) is 1. The lowest BCUT2D eigenvalue weighted by Gasteiger charge is -2.40. The molecular weight excluding hydrogens is 568 g/mol. The summed E-state index contributed by atoms with van der Waals surface area (Å²) in [5.74, 6) is -1.57. The summed E-state index contributed by atoms with van der Waals surface area (Å²) in [4.78, 5) is 45.7. The highest BCUT2D eigenvalue weighted by molar-refractivity contribution is 6.30. The van der Waals surface area contributed by atoms with Gasteiger partial charge in [0.25, 0.3) is 5.91 Å². The fourth-order valence-corrected chi connectivity index (χ4v) is 6.06. The van der Waals surface area contributed by atoms with Crippen molar-refractivity contribution in [2.24, 2.45) is 0 Å². The molecule has 0 spiro atoms. The fourth-order valence-electron chi connectivity index (χ4n) is 5.88. The molecule has 0 radical (unpaired) electrons. The Morgan fingerprint density at radius 2 is 1.70 bits per heavy atom. The number of nitrogens with zero attached hydrogens (tertiary/aromatic N) is 6. The van der Waals surface area contributed by atoms with Crippen LogP contribution in [0.5, 0.6) is 0 Å². The van der Waals surface area contributed by atoms with Crippen LogP contribution in [0.25, 0.3) is 5.69 Å². The van der Waals surface area contributed by atoms with Crippen LogP contribution in [-0.2, 0) is 17.6 Å². The third-order valence-electron chi connectivity index (χ3n) is 8.17. The Morgan fingerprint density at radius 3 is 2.42 bits per heavy atom. The van der Waals surface area contributed by atoms with Crippen molar-refractivity contribution in [2.75, 3.05) is 44.7 Å². The summed E-state index contributed by atoms with van der Waals surface area (Å²) in [6, 6.07) is 18.5. The summed E-state index contributed by atoms with van der Waals surface area (Å²) in [5, 5.41) is 18.1. The van der Waals surface area contributed by atoms with E-state index in [1.807, 2.05) is 18.2 Å². The van der Waals surface area contributed by atoms with Gasteiger partial charge in [0.05, 0.1) is 17.4 Å². The van der Waals surface area contributed by atoms with Gasteiger partial charge in [-0.2, -0.15) is 0 Å². The van der Waals surface area contributed by atoms with Gasteiger partial charge in [-0.1, -0.05) is 47.1 Å². The van der Waals surface area contributed by atoms with Gasteiger partial charge in [0, 0.05) is 49.9 Å². The van der Waals surface area contributed by atoms with Crippen molar-refractivity contribution in [2.45, 2.75) is 18.9 Å². The largest absolute Gasteiger partial charge is 0.478 e. The SMILES string of the molecule is CN1CCN(c2cccc3c2CCN(C(=O)c2cn(-c4cccc(Cl)c4)nn2)C3C(=O)Cc2ccc(C(=O)O)cc2)CC1. The van der Waals surface area contributed by atoms with Crippen molar-refractivity contribution in [3.05, 3.63) is 106 Å². The van der Waals surface area contributed by atoms with Gasteiger partial charge in [0.2, 0.25) is 0 Å². The van der Waals surface area contributed by atoms with Crippen LogP contribution in [0.2, 0.25) is 5.02 Å². The summed E-state index contributed by atoms with van der Waals surface area (Å²) in [6.07, 6.45) is 2.20. The number of hydrogen-bond donors (Lipinski definition) is 1. The first-order valence-electron chi connectivity index (χ1n) is 14.2. The van der Waals surface area contributed by atoms with Crippen LogP contribution in [0.1, 0.15) is 43.6 Å². The van der Waals surface area contributed by atoms with Gasteiger partial charge in [-0.05, 0) is 66.6 Å². The first-order chi connectivity index (χ1) is 20.8. The van der Waals surface area contributed by atoms with Crippen LogP contribution in [-0.4, -0.2) is 87.3 Å². The zero-order valence-corrected chi connectivity index (χ0v) is 24.4. The molecule has 2 aliphatic rings. The number of hydrogen-bond acceptors (Lipinski definition) is 7. The Bertz CT molecular complexity index is 1680. The number of anilines is 1. The third-order valence-corrected chi connectivity index (χ3v) is 8.41. The number of carboxylic acid groups (broad SMARTS) is 1. The highest BCUT2D eigenvalue weighted by atomic mass is 35.5. The Kier molecular flexibility index (Phi) is 7.96. The minimum Gasteiger partial charge on any atom is -0.478 e. The van der Waals surface area contributed by atoms with Gasteiger partial charge in [-0.15, -0.1) is 5.10 Å². The summed E-state index contributed by atoms with van der Waals surface area (Å²) in [7, 11) is 2.11. The Morgan fingerprint density at radius 1 is 0.953 bits per heavy atom. The van der Waals surface area contributed by atoms with Crippen LogP contribution in [0.15, 0.2) is 72.9 Å². The van der Waals surface area contributed by atoms with Crippen LogP contribution < -0.4 is 4.90 Å². The number of aromatic nitrogens is 3. The topological polar surface area (TPSA) is 112 Å². The molecule has 11 heteroatoms. The second-order valence-electron chi connectivity index (χ2n) is 11.0. The molecule has 10 nitrogen and oxygen atoms in total. The molecule has 6 rings (SSSR count). The molecule has 1 saturated heterocycles. The van der Waals surface area contributed by atoms with Gasteiger partial charge in [-0.25, -0.2) is 9.48 Å². The van der Waals surface area contributed by atoms with Gasteiger partial charge in [0.15, 0.2) is 11.5 Å². The Labute approximate surface area is 254 Å². The molecule has 2 aliphatic heterocycles. The molecule has 1 N–H and O–H groups in total. The molecule has 1 atom stereocenters. The highest BCUT2D eigenvalue weighted by Crippen LogP contribution is 2.38. The smallest absolute Gasteiger partial charge is 0.335 e. The van der Waals surface area contributed by atoms with E-state index in [-0.39, 0.29) is 29.4 Å². The summed E-state index contributed by atoms with van der Waals surface area (Å²) >= 11 is 6.15. The lowest BCUT2D eigenvalue weighted by molar-refractivity contribution is -0.123. The van der Waals surface area contributed by atoms with Gasteiger partial charge >= 0.3 is 5.97 Å². The van der Waals surface area contributed by atoms with E-state index in [2.05, 4.69) is 33.2 Å². The van der Waals surface area contributed by atoms with Crippen LogP contribution in [0, 0.1) is 0 Å². The van der Waals surface area contributed by atoms with Crippen molar-refractivity contribution >= 4 is 34.9 Å². The number of Topliss-reactive ketones (excluding diaryl/α,β-unsaturated/α-hetero) is 1. The van der Waals surface area contributed by atoms with Crippen molar-refractivity contribution in [1.82, 2.24) is 24.8 Å². The van der Waals surface area contributed by atoms with E-state index in [4.69, 9.17) is 11.6 Å². The van der Waals surface area contributed by atoms with E-state index < -0.39 is 12.0 Å². The minimum absolute atomic E-state index is 0.0434. The molecule has 43 heavy (non-hydrogen) atoms. The monoisotopic (exact) mass is 598 g/mol. The number of carbonyl (C=O) groups is 3. The second-order valence-corrected chi connectivity index (χ2v) is 11.4. The van der Waals surface area contributed by atoms with Gasteiger partial charge < -0.3 is 19.8 Å². The van der Waals surface area contributed by atoms with Crippen molar-refractivity contribution in [3.8, 4) is 5.69 Å². The number of fused-ring (bicyclic) bond motifs is 1. The van der Waals surface area contributed by atoms with Crippen molar-refractivity contribution in [3.63, 3.8) is 0 Å². The number of amides is 1. The molecular formula is C32H31ClN6O4. The molecule has 1 unspecified atom stereocenters. The number of benzene rings is 3. The second kappa shape index (κ2) is 12.0. The fraction of sp³-hybridized carbons (Fsp3) is 0.281. The first kappa shape index (κ1) is 28.6. The standard InChI is InChI=1S/C32H31ClN6O4/c1-36-14-16-37(17-15-36)28-7-3-6-26-25(28)12-13-38(30(26)29(40)18-21-8-10-22(11-9-21)32(42)43)31(41)27-20-39(35-34-27)24-5-2-4-23(33)19-24/h2-11,19-20,30H,12-18H2,1H3,(H,42,43). The van der Waals surface area contributed by atoms with Gasteiger partial charge in [-0.3, -0.25) is 9.59 Å². The Hall–Kier alpha value is -4.54. The Balaban J connectivity index is 1.34. The van der Waals surface area contributed by atoms with Crippen LogP contribution in [0.3, 0.4) is 0 Å². The predicted octanol–water partition coefficient (Wildman–Crippen LogP) is 3.92. The van der Waals surface area contributed by atoms with E-state index in [1.54, 1.807) is 41.4 Å². The number of carboxylic acids is 1. The third kappa shape index (κ3) is 5.89. The summed E-state index contributed by atoms with van der Waals surface area (Å²) in [6.45, 7) is 4.01. The molecule has 220 valence electrons. The predicted molar refractivity (Wildman–Crippen MR) is 162 cm³/mol. The zero-order chi connectivity index (χ0) is 30.1. The number of rotatable bonds is 7. The first-order valence-corrected chi connectivity index (χ1v) is 14.6. The van der Waals surface area contributed by atoms with E-state index >= 15 is 0 Å². The van der Waals surface area contributed by atoms with E-state index in [9.17, 15) is 19.5 Å². The summed E-state index contributed by atoms with van der Waals surface area (Å²) in [5.41, 5.74) is 4.61. The van der Waals surface area contributed by atoms with E-state index in [1.165, 1.54) is 16.8 Å². The quantitative estimate of drug-likeness (QED) is 0.341. The number of halogens is 1. The summed E-state index contributed by atoms with van der Waals surface area (Å²) < 4.78 is 1.49. The van der Waals surface area contributed by atoms with Crippen molar-refractivity contribution < 1.29 is 19.5 Å². The zero-order valence-electron chi connectivity index (χ0n) is 23.7. The van der Waals surface area contributed by atoms with Crippen LogP contribution in [0.4, 0.5) is 5.69 Å². The normalized spacial score (nSPS) is 17.0. The van der Waals surface area contributed by atoms with Gasteiger partial charge in [0.1, 0.15) is 6.04 Å². The highest BCUT2D eigenvalue weighted by Gasteiger charge is 2.38. The maximum atomic E-state index is 14.1. The molecule has 0 aliphatic carbocycles. The molecule has 1 amide bonds. The van der Waals surface area contributed by atoms with Crippen molar-refractivity contribution in [1.29, 1.82) is 0 Å². The number of piperazine rings is 1. The maximum absolute atomic E-state index is 14.1. The lowest BCUT2D eigenvalue weighted by Crippen LogP contribution is -2.47. The average Bonchev–Trinajstić information content (AvgIpc) is 3.51. The molecule has 0 saturated carbocycles. The average molecular weight is 599 g/mol. The molecule has 3 heterocycles. The molecule has 0 bridgehead atoms. The maximum Gasteiger partial charge on any atom is 0.335 e. The van der Waals surface area contributed by atoms with E-state index in [0.29, 0.717) is 29.2 Å². The minimum atomic E-state index is -1.03. The molecule has 4 aromatic rings. The number of aromatic carboxylic acids is 1. The number of ketones is 1. The molecule has 3 aromatic carbocycles. The lowest BCUT2D eigenvalue weighted by atomic mass is 9.86.